The number of aryl methyl sites for hydroxylation is 2. The van der Waals surface area contributed by atoms with Gasteiger partial charge in [-0.3, -0.25) is 4.68 Å². The Morgan fingerprint density at radius 3 is 2.97 bits per heavy atom. The molecule has 1 aromatic carbocycles. The number of halogens is 1. The molecule has 0 spiro atoms. The van der Waals surface area contributed by atoms with Gasteiger partial charge in [0.1, 0.15) is 11.9 Å². The second-order valence-corrected chi connectivity index (χ2v) is 8.59. The molecule has 1 atom stereocenters. The second-order valence-electron chi connectivity index (χ2n) is 7.73. The van der Waals surface area contributed by atoms with Crippen molar-refractivity contribution >= 4 is 17.4 Å². The molecule has 158 valence electrons. The molecule has 4 heterocycles. The quantitative estimate of drug-likeness (QED) is 0.458. The first-order chi connectivity index (χ1) is 14.9. The fourth-order valence-corrected chi connectivity index (χ4v) is 4.98. The first-order valence-electron chi connectivity index (χ1n) is 10.2. The standard InChI is InChI=1S/C23H22FN5OS/c1-4-20-21-13-8-19(23(25)26-10-13)30-12(2)17-9-15(24)5-6-16(17)22-14(11-29(3)27-22)7-18(21)28-31-20/h5-6,8-12H,4,7H2,1-3H3,(H2,25,26). The molecule has 5 rings (SSSR count). The van der Waals surface area contributed by atoms with Crippen molar-refractivity contribution in [3.05, 3.63) is 64.2 Å². The van der Waals surface area contributed by atoms with E-state index in [-0.39, 0.29) is 5.82 Å². The molecule has 2 bridgehead atoms. The summed E-state index contributed by atoms with van der Waals surface area (Å²) in [5.41, 5.74) is 12.5. The first kappa shape index (κ1) is 19.7. The predicted molar refractivity (Wildman–Crippen MR) is 120 cm³/mol. The highest BCUT2D eigenvalue weighted by Gasteiger charge is 2.24. The lowest BCUT2D eigenvalue weighted by Crippen LogP contribution is -2.09. The van der Waals surface area contributed by atoms with E-state index < -0.39 is 6.10 Å². The van der Waals surface area contributed by atoms with Crippen LogP contribution in [0.3, 0.4) is 0 Å². The average Bonchev–Trinajstić information content (AvgIpc) is 3.32. The highest BCUT2D eigenvalue weighted by molar-refractivity contribution is 7.06. The fraction of sp³-hybridized carbons (Fsp3) is 0.261. The van der Waals surface area contributed by atoms with Crippen molar-refractivity contribution in [1.29, 1.82) is 0 Å². The van der Waals surface area contributed by atoms with Gasteiger partial charge in [-0.1, -0.05) is 6.92 Å². The molecule has 0 saturated carbocycles. The highest BCUT2D eigenvalue weighted by atomic mass is 32.1. The van der Waals surface area contributed by atoms with Gasteiger partial charge in [-0.05, 0) is 49.1 Å². The van der Waals surface area contributed by atoms with Crippen molar-refractivity contribution in [2.75, 3.05) is 5.73 Å². The minimum absolute atomic E-state index is 0.298. The normalized spacial score (nSPS) is 15.2. The molecule has 0 fully saturated rings. The monoisotopic (exact) mass is 435 g/mol. The minimum Gasteiger partial charge on any atom is -0.482 e. The summed E-state index contributed by atoms with van der Waals surface area (Å²) in [6.07, 6.45) is 4.79. The number of rotatable bonds is 1. The Morgan fingerprint density at radius 1 is 1.32 bits per heavy atom. The van der Waals surface area contributed by atoms with Crippen molar-refractivity contribution in [2.45, 2.75) is 32.8 Å². The van der Waals surface area contributed by atoms with Crippen LogP contribution < -0.4 is 10.5 Å². The molecule has 2 N–H and O–H groups in total. The van der Waals surface area contributed by atoms with E-state index in [0.717, 1.165) is 40.1 Å². The Labute approximate surface area is 183 Å². The van der Waals surface area contributed by atoms with Crippen molar-refractivity contribution in [3.8, 4) is 28.1 Å². The molecule has 31 heavy (non-hydrogen) atoms. The van der Waals surface area contributed by atoms with Crippen molar-refractivity contribution < 1.29 is 9.13 Å². The number of hydrogen-bond acceptors (Lipinski definition) is 6. The summed E-state index contributed by atoms with van der Waals surface area (Å²) in [6, 6.07) is 6.63. The van der Waals surface area contributed by atoms with Crippen molar-refractivity contribution in [2.24, 2.45) is 7.05 Å². The number of fused-ring (bicyclic) bond motifs is 7. The third-order valence-electron chi connectivity index (χ3n) is 5.60. The number of aromatic nitrogens is 4. The van der Waals surface area contributed by atoms with Gasteiger partial charge in [-0.25, -0.2) is 9.37 Å². The molecule has 0 aliphatic carbocycles. The van der Waals surface area contributed by atoms with Gasteiger partial charge in [-0.2, -0.15) is 9.47 Å². The summed E-state index contributed by atoms with van der Waals surface area (Å²) < 4.78 is 27.0. The third-order valence-corrected chi connectivity index (χ3v) is 6.62. The molecular weight excluding hydrogens is 413 g/mol. The van der Waals surface area contributed by atoms with Crippen LogP contribution in [0.4, 0.5) is 10.2 Å². The first-order valence-corrected chi connectivity index (χ1v) is 10.9. The number of anilines is 1. The topological polar surface area (TPSA) is 78.8 Å². The lowest BCUT2D eigenvalue weighted by Gasteiger charge is -2.20. The molecule has 1 aliphatic heterocycles. The third kappa shape index (κ3) is 3.37. The van der Waals surface area contributed by atoms with Gasteiger partial charge in [-0.15, -0.1) is 0 Å². The van der Waals surface area contributed by atoms with E-state index in [1.54, 1.807) is 16.9 Å². The van der Waals surface area contributed by atoms with E-state index in [0.29, 0.717) is 23.6 Å². The maximum absolute atomic E-state index is 14.2. The van der Waals surface area contributed by atoms with Gasteiger partial charge in [0, 0.05) is 58.6 Å². The number of nitrogen functional groups attached to an aromatic ring is 1. The predicted octanol–water partition coefficient (Wildman–Crippen LogP) is 4.93. The number of benzene rings is 1. The lowest BCUT2D eigenvalue weighted by molar-refractivity contribution is 0.227. The summed E-state index contributed by atoms with van der Waals surface area (Å²) in [5, 5.41) is 4.71. The van der Waals surface area contributed by atoms with Crippen LogP contribution in [0.1, 0.15) is 41.6 Å². The minimum atomic E-state index is -0.454. The number of pyridine rings is 1. The van der Waals surface area contributed by atoms with Crippen LogP contribution >= 0.6 is 11.5 Å². The molecule has 3 aromatic heterocycles. The van der Waals surface area contributed by atoms with E-state index in [1.165, 1.54) is 28.5 Å². The van der Waals surface area contributed by atoms with Gasteiger partial charge < -0.3 is 10.5 Å². The van der Waals surface area contributed by atoms with Crippen LogP contribution in [0.15, 0.2) is 36.7 Å². The molecule has 1 unspecified atom stereocenters. The van der Waals surface area contributed by atoms with Crippen LogP contribution in [0, 0.1) is 5.82 Å². The van der Waals surface area contributed by atoms with Crippen LogP contribution in [0.5, 0.6) is 5.75 Å². The Hall–Kier alpha value is -3.26. The molecule has 0 saturated heterocycles. The Bertz CT molecular complexity index is 1300. The Balaban J connectivity index is 1.81. The largest absolute Gasteiger partial charge is 0.482 e. The summed E-state index contributed by atoms with van der Waals surface area (Å²) in [7, 11) is 1.89. The smallest absolute Gasteiger partial charge is 0.166 e. The van der Waals surface area contributed by atoms with E-state index in [4.69, 9.17) is 19.9 Å². The summed E-state index contributed by atoms with van der Waals surface area (Å²) in [4.78, 5) is 5.56. The van der Waals surface area contributed by atoms with Crippen molar-refractivity contribution in [1.82, 2.24) is 19.1 Å². The summed E-state index contributed by atoms with van der Waals surface area (Å²) in [6.45, 7) is 4.00. The maximum atomic E-state index is 14.2. The number of nitrogens with two attached hydrogens (primary N) is 1. The molecule has 4 aromatic rings. The Kier molecular flexibility index (Phi) is 4.74. The zero-order valence-electron chi connectivity index (χ0n) is 17.5. The maximum Gasteiger partial charge on any atom is 0.166 e. The van der Waals surface area contributed by atoms with Gasteiger partial charge in [0.15, 0.2) is 11.6 Å². The molecule has 8 heteroatoms. The van der Waals surface area contributed by atoms with E-state index in [9.17, 15) is 4.39 Å². The zero-order valence-corrected chi connectivity index (χ0v) is 18.3. The fourth-order valence-electron chi connectivity index (χ4n) is 4.15. The van der Waals surface area contributed by atoms with Crippen LogP contribution in [0.25, 0.3) is 22.4 Å². The molecule has 0 amide bonds. The van der Waals surface area contributed by atoms with E-state index >= 15 is 0 Å². The summed E-state index contributed by atoms with van der Waals surface area (Å²) >= 11 is 1.51. The van der Waals surface area contributed by atoms with Gasteiger partial charge in [0.25, 0.3) is 0 Å². The lowest BCUT2D eigenvalue weighted by atomic mass is 9.94. The van der Waals surface area contributed by atoms with Crippen LogP contribution in [0.2, 0.25) is 0 Å². The molecule has 0 radical (unpaired) electrons. The SMILES string of the molecule is CCc1snc2c1-c1cnc(N)c(c1)OC(C)c1cc(F)ccc1-c1nn(C)cc1C2. The van der Waals surface area contributed by atoms with Crippen LogP contribution in [-0.2, 0) is 19.9 Å². The second kappa shape index (κ2) is 7.46. The molecule has 1 aliphatic rings. The number of hydrogen-bond donors (Lipinski definition) is 1. The van der Waals surface area contributed by atoms with Crippen LogP contribution in [-0.4, -0.2) is 19.1 Å². The van der Waals surface area contributed by atoms with Gasteiger partial charge >= 0.3 is 0 Å². The molecular formula is C23H22FN5OS. The number of nitrogens with zero attached hydrogens (tertiary/aromatic N) is 4. The zero-order chi connectivity index (χ0) is 21.7. The van der Waals surface area contributed by atoms with E-state index in [2.05, 4.69) is 11.9 Å². The molecule has 6 nitrogen and oxygen atoms in total. The van der Waals surface area contributed by atoms with Gasteiger partial charge in [0.05, 0.1) is 11.4 Å². The van der Waals surface area contributed by atoms with E-state index in [1.807, 2.05) is 26.2 Å². The average molecular weight is 436 g/mol. The summed E-state index contributed by atoms with van der Waals surface area (Å²) in [5.74, 6) is 0.446. The van der Waals surface area contributed by atoms with Crippen molar-refractivity contribution in [3.63, 3.8) is 0 Å². The highest BCUT2D eigenvalue weighted by Crippen LogP contribution is 2.40. The van der Waals surface area contributed by atoms with Gasteiger partial charge in [0.2, 0.25) is 0 Å². The number of ether oxygens (including phenoxy) is 1. The Morgan fingerprint density at radius 2 is 2.16 bits per heavy atom.